The summed E-state index contributed by atoms with van der Waals surface area (Å²) in [6, 6.07) is 0. The molecular weight excluding hydrogens is 222 g/mol. The van der Waals surface area contributed by atoms with Gasteiger partial charge in [0.25, 0.3) is 0 Å². The molecule has 0 N–H and O–H groups in total. The van der Waals surface area contributed by atoms with Gasteiger partial charge in [0.05, 0.1) is 12.2 Å². The molecule has 0 atom stereocenters. The van der Waals surface area contributed by atoms with E-state index in [9.17, 15) is 0 Å². The minimum atomic E-state index is 0.103. The van der Waals surface area contributed by atoms with Crippen LogP contribution in [0.3, 0.4) is 0 Å². The predicted molar refractivity (Wildman–Crippen MR) is 78.6 cm³/mol. The van der Waals surface area contributed by atoms with E-state index in [0.29, 0.717) is 0 Å². The summed E-state index contributed by atoms with van der Waals surface area (Å²) >= 11 is 0. The summed E-state index contributed by atoms with van der Waals surface area (Å²) in [7, 11) is 0. The van der Waals surface area contributed by atoms with Crippen LogP contribution >= 0.6 is 0 Å². The van der Waals surface area contributed by atoms with Crippen molar-refractivity contribution in [3.8, 4) is 0 Å². The molecule has 0 radical (unpaired) electrons. The molecule has 0 saturated carbocycles. The van der Waals surface area contributed by atoms with Gasteiger partial charge in [0, 0.05) is 13.1 Å². The minimum absolute atomic E-state index is 0.103. The molecule has 0 amide bonds. The molecule has 0 bridgehead atoms. The molecule has 0 aromatic heterocycles. The molecule has 1 saturated heterocycles. The molecule has 2 nitrogen and oxygen atoms in total. The van der Waals surface area contributed by atoms with Gasteiger partial charge in [-0.2, -0.15) is 0 Å². The van der Waals surface area contributed by atoms with Crippen LogP contribution in [0, 0.1) is 0 Å². The summed E-state index contributed by atoms with van der Waals surface area (Å²) in [6.45, 7) is 15.4. The Morgan fingerprint density at radius 1 is 1.28 bits per heavy atom. The predicted octanol–water partition coefficient (Wildman–Crippen LogP) is 4.14. The zero-order valence-corrected chi connectivity index (χ0v) is 12.2. The topological polar surface area (TPSA) is 12.5 Å². The molecule has 0 aromatic carbocycles. The largest absolute Gasteiger partial charge is 0.378 e. The first-order valence-electron chi connectivity index (χ1n) is 7.33. The van der Waals surface area contributed by atoms with Crippen molar-refractivity contribution in [3.63, 3.8) is 0 Å². The van der Waals surface area contributed by atoms with E-state index in [1.165, 1.54) is 12.0 Å². The van der Waals surface area contributed by atoms with Gasteiger partial charge >= 0.3 is 0 Å². The van der Waals surface area contributed by atoms with Gasteiger partial charge in [-0.25, -0.2) is 0 Å². The monoisotopic (exact) mass is 251 g/mol. The van der Waals surface area contributed by atoms with Gasteiger partial charge in [0.15, 0.2) is 0 Å². The lowest BCUT2D eigenvalue weighted by atomic mass is 9.88. The lowest BCUT2D eigenvalue weighted by molar-refractivity contribution is -0.0798. The smallest absolute Gasteiger partial charge is 0.0713 e. The second kappa shape index (κ2) is 7.63. The first kappa shape index (κ1) is 15.3. The normalized spacial score (nSPS) is 18.7. The standard InChI is InChI=1S/C16H29NO/c1-5-8-15(4)9-14-18-16(6-2)10-12-17(7-3)13-11-16/h7H,3-6,8-14H2,1-2H3. The van der Waals surface area contributed by atoms with E-state index in [4.69, 9.17) is 4.74 Å². The van der Waals surface area contributed by atoms with Crippen molar-refractivity contribution in [1.29, 1.82) is 0 Å². The van der Waals surface area contributed by atoms with Crippen molar-refractivity contribution >= 4 is 0 Å². The molecule has 0 unspecified atom stereocenters. The Morgan fingerprint density at radius 3 is 2.44 bits per heavy atom. The van der Waals surface area contributed by atoms with E-state index < -0.39 is 0 Å². The molecule has 1 fully saturated rings. The van der Waals surface area contributed by atoms with Gasteiger partial charge in [-0.3, -0.25) is 0 Å². The highest BCUT2D eigenvalue weighted by atomic mass is 16.5. The highest BCUT2D eigenvalue weighted by Crippen LogP contribution is 2.30. The fourth-order valence-electron chi connectivity index (χ4n) is 2.60. The molecule has 104 valence electrons. The summed E-state index contributed by atoms with van der Waals surface area (Å²) in [5, 5.41) is 0. The summed E-state index contributed by atoms with van der Waals surface area (Å²) in [5.41, 5.74) is 1.43. The van der Waals surface area contributed by atoms with Gasteiger partial charge in [-0.05, 0) is 38.3 Å². The Balaban J connectivity index is 2.33. The second-order valence-electron chi connectivity index (χ2n) is 5.35. The number of ether oxygens (including phenoxy) is 1. The highest BCUT2D eigenvalue weighted by molar-refractivity contribution is 4.94. The maximum Gasteiger partial charge on any atom is 0.0713 e. The Labute approximate surface area is 113 Å². The molecule has 0 spiro atoms. The molecule has 1 heterocycles. The Bertz CT molecular complexity index is 264. The second-order valence-corrected chi connectivity index (χ2v) is 5.35. The maximum atomic E-state index is 6.21. The molecule has 0 aromatic rings. The van der Waals surface area contributed by atoms with Crippen LogP contribution in [0.5, 0.6) is 0 Å². The lowest BCUT2D eigenvalue weighted by Gasteiger charge is -2.41. The average molecular weight is 251 g/mol. The molecule has 0 aliphatic carbocycles. The zero-order valence-electron chi connectivity index (χ0n) is 12.2. The van der Waals surface area contributed by atoms with Gasteiger partial charge < -0.3 is 9.64 Å². The average Bonchev–Trinajstić information content (AvgIpc) is 2.40. The van der Waals surface area contributed by atoms with Gasteiger partial charge in [0.1, 0.15) is 0 Å². The van der Waals surface area contributed by atoms with Crippen molar-refractivity contribution in [3.05, 3.63) is 24.9 Å². The Morgan fingerprint density at radius 2 is 1.94 bits per heavy atom. The quantitative estimate of drug-likeness (QED) is 0.601. The van der Waals surface area contributed by atoms with Crippen LogP contribution in [-0.4, -0.2) is 30.2 Å². The van der Waals surface area contributed by atoms with E-state index in [0.717, 1.165) is 51.8 Å². The molecule has 1 aliphatic rings. The first-order valence-corrected chi connectivity index (χ1v) is 7.33. The molecule has 1 aliphatic heterocycles. The summed E-state index contributed by atoms with van der Waals surface area (Å²) in [4.78, 5) is 2.29. The molecular formula is C16H29NO. The van der Waals surface area contributed by atoms with Gasteiger partial charge in [-0.1, -0.05) is 39.0 Å². The first-order chi connectivity index (χ1) is 8.65. The third-order valence-electron chi connectivity index (χ3n) is 4.08. The Kier molecular flexibility index (Phi) is 6.48. The van der Waals surface area contributed by atoms with Crippen LogP contribution in [0.25, 0.3) is 0 Å². The van der Waals surface area contributed by atoms with Crippen molar-refractivity contribution in [2.24, 2.45) is 0 Å². The molecule has 2 heteroatoms. The summed E-state index contributed by atoms with van der Waals surface area (Å²) in [5.74, 6) is 0. The van der Waals surface area contributed by atoms with Crippen LogP contribution in [0.4, 0.5) is 0 Å². The third-order valence-corrected chi connectivity index (χ3v) is 4.08. The number of likely N-dealkylation sites (tertiary alicyclic amines) is 1. The highest BCUT2D eigenvalue weighted by Gasteiger charge is 2.32. The van der Waals surface area contributed by atoms with E-state index in [2.05, 4.69) is 31.9 Å². The maximum absolute atomic E-state index is 6.21. The van der Waals surface area contributed by atoms with Crippen molar-refractivity contribution in [1.82, 2.24) is 4.90 Å². The fraction of sp³-hybridized carbons (Fsp3) is 0.750. The number of nitrogens with zero attached hydrogens (tertiary/aromatic N) is 1. The summed E-state index contributed by atoms with van der Waals surface area (Å²) in [6.07, 6.45) is 8.63. The van der Waals surface area contributed by atoms with Crippen molar-refractivity contribution in [2.45, 2.75) is 58.0 Å². The van der Waals surface area contributed by atoms with Crippen LogP contribution in [0.2, 0.25) is 0 Å². The number of hydrogen-bond acceptors (Lipinski definition) is 2. The van der Waals surface area contributed by atoms with E-state index >= 15 is 0 Å². The third kappa shape index (κ3) is 4.49. The molecule has 18 heavy (non-hydrogen) atoms. The van der Waals surface area contributed by atoms with Crippen LogP contribution in [0.1, 0.15) is 52.4 Å². The zero-order chi connectivity index (χ0) is 13.4. The van der Waals surface area contributed by atoms with Gasteiger partial charge in [0.2, 0.25) is 0 Å². The van der Waals surface area contributed by atoms with Gasteiger partial charge in [-0.15, -0.1) is 0 Å². The minimum Gasteiger partial charge on any atom is -0.378 e. The SMILES string of the molecule is C=CN1CCC(CC)(OCCC(=C)CCC)CC1. The van der Waals surface area contributed by atoms with Crippen molar-refractivity contribution in [2.75, 3.05) is 19.7 Å². The van der Waals surface area contributed by atoms with E-state index in [-0.39, 0.29) is 5.60 Å². The van der Waals surface area contributed by atoms with Crippen LogP contribution in [-0.2, 0) is 4.74 Å². The number of hydrogen-bond donors (Lipinski definition) is 0. The number of piperidine rings is 1. The van der Waals surface area contributed by atoms with Crippen LogP contribution in [0.15, 0.2) is 24.9 Å². The van der Waals surface area contributed by atoms with Crippen molar-refractivity contribution < 1.29 is 4.74 Å². The van der Waals surface area contributed by atoms with Crippen LogP contribution < -0.4 is 0 Å². The lowest BCUT2D eigenvalue weighted by Crippen LogP contribution is -2.44. The van der Waals surface area contributed by atoms with E-state index in [1.54, 1.807) is 0 Å². The fourth-order valence-corrected chi connectivity index (χ4v) is 2.60. The summed E-state index contributed by atoms with van der Waals surface area (Å²) < 4.78 is 6.21. The van der Waals surface area contributed by atoms with E-state index in [1.807, 2.05) is 6.20 Å². The Hall–Kier alpha value is -0.760. The molecule has 1 rings (SSSR count). The number of rotatable bonds is 8.